The Labute approximate surface area is 109 Å². The summed E-state index contributed by atoms with van der Waals surface area (Å²) in [4.78, 5) is 12.1. The van der Waals surface area contributed by atoms with Crippen molar-refractivity contribution in [2.24, 2.45) is 5.41 Å². The molecule has 1 aromatic rings. The maximum absolute atomic E-state index is 12.1. The average molecular weight is 249 g/mol. The van der Waals surface area contributed by atoms with E-state index in [1.807, 2.05) is 25.1 Å². The zero-order valence-electron chi connectivity index (χ0n) is 11.7. The summed E-state index contributed by atoms with van der Waals surface area (Å²) in [6, 6.07) is 7.49. The molecule has 3 heteroatoms. The van der Waals surface area contributed by atoms with Gasteiger partial charge < -0.3 is 10.4 Å². The molecule has 0 saturated heterocycles. The minimum Gasteiger partial charge on any atom is -0.396 e. The summed E-state index contributed by atoms with van der Waals surface area (Å²) in [5.41, 5.74) is 1.67. The fraction of sp³-hybridized carbons (Fsp3) is 0.533. The molecule has 0 saturated carbocycles. The quantitative estimate of drug-likeness (QED) is 0.861. The van der Waals surface area contributed by atoms with Gasteiger partial charge in [-0.25, -0.2) is 0 Å². The van der Waals surface area contributed by atoms with Crippen molar-refractivity contribution in [2.45, 2.75) is 40.2 Å². The van der Waals surface area contributed by atoms with Gasteiger partial charge in [0.1, 0.15) is 0 Å². The number of nitrogens with one attached hydrogen (secondary N) is 1. The van der Waals surface area contributed by atoms with Crippen LogP contribution in [-0.2, 0) is 0 Å². The van der Waals surface area contributed by atoms with Gasteiger partial charge in [-0.3, -0.25) is 4.79 Å². The number of carbonyl (C=O) groups is 1. The lowest BCUT2D eigenvalue weighted by molar-refractivity contribution is 0.0885. The Morgan fingerprint density at radius 2 is 2.06 bits per heavy atom. The number of aryl methyl sites for hydroxylation is 1. The Morgan fingerprint density at radius 1 is 1.39 bits per heavy atom. The molecule has 0 aliphatic rings. The predicted octanol–water partition coefficient (Wildman–Crippen LogP) is 2.52. The maximum Gasteiger partial charge on any atom is 0.251 e. The smallest absolute Gasteiger partial charge is 0.251 e. The summed E-state index contributed by atoms with van der Waals surface area (Å²) in [5, 5.41) is 12.1. The predicted molar refractivity (Wildman–Crippen MR) is 73.6 cm³/mol. The standard InChI is InChI=1S/C15H23NO2/c1-11-6-5-7-12(10-11)14(18)16-13(8-9-17)15(2,3)4/h5-7,10,13,17H,8-9H2,1-4H3,(H,16,18)/t13-/m0/s1. The van der Waals surface area contributed by atoms with Gasteiger partial charge in [0.25, 0.3) is 5.91 Å². The molecule has 1 atom stereocenters. The number of amides is 1. The Bertz CT molecular complexity index is 407. The van der Waals surface area contributed by atoms with Gasteiger partial charge in [-0.2, -0.15) is 0 Å². The first kappa shape index (κ1) is 14.7. The molecule has 18 heavy (non-hydrogen) atoms. The van der Waals surface area contributed by atoms with Crippen molar-refractivity contribution in [3.63, 3.8) is 0 Å². The first-order chi connectivity index (χ1) is 8.34. The van der Waals surface area contributed by atoms with Gasteiger partial charge in [-0.05, 0) is 30.9 Å². The second-order valence-electron chi connectivity index (χ2n) is 5.77. The highest BCUT2D eigenvalue weighted by atomic mass is 16.3. The molecule has 100 valence electrons. The van der Waals surface area contributed by atoms with E-state index in [9.17, 15) is 4.79 Å². The van der Waals surface area contributed by atoms with Crippen molar-refractivity contribution in [1.29, 1.82) is 0 Å². The van der Waals surface area contributed by atoms with Gasteiger partial charge in [-0.1, -0.05) is 38.5 Å². The minimum absolute atomic E-state index is 0.0319. The van der Waals surface area contributed by atoms with Crippen molar-refractivity contribution in [3.8, 4) is 0 Å². The topological polar surface area (TPSA) is 49.3 Å². The van der Waals surface area contributed by atoms with Crippen molar-refractivity contribution >= 4 is 5.91 Å². The molecular formula is C15H23NO2. The second kappa shape index (κ2) is 6.01. The zero-order valence-corrected chi connectivity index (χ0v) is 11.7. The molecule has 1 amide bonds. The van der Waals surface area contributed by atoms with E-state index < -0.39 is 0 Å². The van der Waals surface area contributed by atoms with Crippen LogP contribution in [0.15, 0.2) is 24.3 Å². The van der Waals surface area contributed by atoms with Gasteiger partial charge in [0.05, 0.1) is 0 Å². The highest BCUT2D eigenvalue weighted by molar-refractivity contribution is 5.94. The average Bonchev–Trinajstić information content (AvgIpc) is 2.27. The van der Waals surface area contributed by atoms with E-state index in [0.717, 1.165) is 5.56 Å². The second-order valence-corrected chi connectivity index (χ2v) is 5.77. The molecule has 2 N–H and O–H groups in total. The van der Waals surface area contributed by atoms with Crippen LogP contribution in [0.2, 0.25) is 0 Å². The third kappa shape index (κ3) is 4.15. The van der Waals surface area contributed by atoms with Crippen LogP contribution in [0.25, 0.3) is 0 Å². The van der Waals surface area contributed by atoms with Crippen LogP contribution in [0.4, 0.5) is 0 Å². The van der Waals surface area contributed by atoms with E-state index in [-0.39, 0.29) is 24.0 Å². The molecule has 0 bridgehead atoms. The summed E-state index contributed by atoms with van der Waals surface area (Å²) < 4.78 is 0. The summed E-state index contributed by atoms with van der Waals surface area (Å²) in [5.74, 6) is -0.0768. The minimum atomic E-state index is -0.0768. The van der Waals surface area contributed by atoms with Crippen LogP contribution in [0, 0.1) is 12.3 Å². The molecule has 0 heterocycles. The van der Waals surface area contributed by atoms with Crippen LogP contribution < -0.4 is 5.32 Å². The number of hydrogen-bond donors (Lipinski definition) is 2. The van der Waals surface area contributed by atoms with E-state index in [2.05, 4.69) is 26.1 Å². The van der Waals surface area contributed by atoms with E-state index in [4.69, 9.17) is 5.11 Å². The maximum atomic E-state index is 12.1. The zero-order chi connectivity index (χ0) is 13.8. The van der Waals surface area contributed by atoms with Crippen LogP contribution in [-0.4, -0.2) is 23.7 Å². The van der Waals surface area contributed by atoms with Crippen molar-refractivity contribution in [3.05, 3.63) is 35.4 Å². The highest BCUT2D eigenvalue weighted by Gasteiger charge is 2.25. The van der Waals surface area contributed by atoms with Gasteiger partial charge in [-0.15, -0.1) is 0 Å². The van der Waals surface area contributed by atoms with Crippen molar-refractivity contribution in [1.82, 2.24) is 5.32 Å². The lowest BCUT2D eigenvalue weighted by Gasteiger charge is -2.31. The van der Waals surface area contributed by atoms with E-state index in [1.165, 1.54) is 0 Å². The summed E-state index contributed by atoms with van der Waals surface area (Å²) in [7, 11) is 0. The fourth-order valence-electron chi connectivity index (χ4n) is 1.88. The SMILES string of the molecule is Cc1cccc(C(=O)N[C@@H](CCO)C(C)(C)C)c1. The molecule has 0 spiro atoms. The lowest BCUT2D eigenvalue weighted by Crippen LogP contribution is -2.44. The van der Waals surface area contributed by atoms with Crippen LogP contribution >= 0.6 is 0 Å². The van der Waals surface area contributed by atoms with Gasteiger partial charge in [0.15, 0.2) is 0 Å². The highest BCUT2D eigenvalue weighted by Crippen LogP contribution is 2.22. The Kier molecular flexibility index (Phi) is 4.91. The van der Waals surface area contributed by atoms with E-state index in [1.54, 1.807) is 6.07 Å². The first-order valence-electron chi connectivity index (χ1n) is 6.33. The summed E-state index contributed by atoms with van der Waals surface area (Å²) in [6.45, 7) is 8.22. The Balaban J connectivity index is 2.79. The van der Waals surface area contributed by atoms with Gasteiger partial charge in [0.2, 0.25) is 0 Å². The molecule has 0 aliphatic carbocycles. The number of aliphatic hydroxyl groups is 1. The molecule has 1 rings (SSSR count). The van der Waals surface area contributed by atoms with E-state index in [0.29, 0.717) is 12.0 Å². The Hall–Kier alpha value is -1.35. The number of rotatable bonds is 4. The molecule has 0 fully saturated rings. The first-order valence-corrected chi connectivity index (χ1v) is 6.33. The third-order valence-electron chi connectivity index (χ3n) is 3.05. The van der Waals surface area contributed by atoms with Crippen molar-refractivity contribution < 1.29 is 9.90 Å². The van der Waals surface area contributed by atoms with Gasteiger partial charge in [0, 0.05) is 18.2 Å². The van der Waals surface area contributed by atoms with E-state index >= 15 is 0 Å². The summed E-state index contributed by atoms with van der Waals surface area (Å²) in [6.07, 6.45) is 0.570. The number of carbonyl (C=O) groups excluding carboxylic acids is 1. The van der Waals surface area contributed by atoms with Crippen molar-refractivity contribution in [2.75, 3.05) is 6.61 Å². The molecule has 1 aromatic carbocycles. The molecule has 3 nitrogen and oxygen atoms in total. The number of benzene rings is 1. The van der Waals surface area contributed by atoms with Gasteiger partial charge >= 0.3 is 0 Å². The number of hydrogen-bond acceptors (Lipinski definition) is 2. The largest absolute Gasteiger partial charge is 0.396 e. The molecule has 0 radical (unpaired) electrons. The monoisotopic (exact) mass is 249 g/mol. The number of aliphatic hydroxyl groups excluding tert-OH is 1. The van der Waals surface area contributed by atoms with Crippen LogP contribution in [0.3, 0.4) is 0 Å². The Morgan fingerprint density at radius 3 is 2.56 bits per heavy atom. The fourth-order valence-corrected chi connectivity index (χ4v) is 1.88. The molecule has 0 aromatic heterocycles. The van der Waals surface area contributed by atoms with Crippen LogP contribution in [0.5, 0.6) is 0 Å². The molecule has 0 aliphatic heterocycles. The summed E-state index contributed by atoms with van der Waals surface area (Å²) >= 11 is 0. The lowest BCUT2D eigenvalue weighted by atomic mass is 9.84. The van der Waals surface area contributed by atoms with Crippen LogP contribution in [0.1, 0.15) is 43.1 Å². The molecule has 0 unspecified atom stereocenters. The third-order valence-corrected chi connectivity index (χ3v) is 3.05. The molecular weight excluding hydrogens is 226 g/mol. The normalized spacial score (nSPS) is 13.2.